The van der Waals surface area contributed by atoms with E-state index in [4.69, 9.17) is 4.74 Å². The van der Waals surface area contributed by atoms with Gasteiger partial charge in [0.15, 0.2) is 6.61 Å². The van der Waals surface area contributed by atoms with Crippen LogP contribution in [-0.4, -0.2) is 49.3 Å². The molecule has 0 bridgehead atoms. The van der Waals surface area contributed by atoms with Gasteiger partial charge in [-0.05, 0) is 19.3 Å². The van der Waals surface area contributed by atoms with Crippen LogP contribution in [0.4, 0.5) is 35.1 Å². The first-order chi connectivity index (χ1) is 14.8. The maximum Gasteiger partial charge on any atom is 0.381 e. The van der Waals surface area contributed by atoms with Crippen molar-refractivity contribution in [2.75, 3.05) is 13.2 Å². The molecule has 0 N–H and O–H groups in total. The highest BCUT2D eigenvalue weighted by atomic mass is 19.4. The standard InChI is InChI=1S/C20H30F8O4/c1-2-3-10-13-31-15(29)11-8-6-4-5-7-9-12-16(30)32-14-18(23,24)20(27,28)19(25,26)17(21)22/h17H,2-14H2,1H3. The zero-order valence-electron chi connectivity index (χ0n) is 17.9. The van der Waals surface area contributed by atoms with Crippen molar-refractivity contribution in [3.05, 3.63) is 0 Å². The van der Waals surface area contributed by atoms with Crippen molar-refractivity contribution >= 4 is 11.9 Å². The molecule has 0 amide bonds. The number of esters is 2. The van der Waals surface area contributed by atoms with E-state index in [1.54, 1.807) is 0 Å². The lowest BCUT2D eigenvalue weighted by atomic mass is 10.1. The van der Waals surface area contributed by atoms with Crippen LogP contribution in [-0.2, 0) is 19.1 Å². The van der Waals surface area contributed by atoms with Crippen LogP contribution in [0.2, 0.25) is 0 Å². The molecular formula is C20H30F8O4. The van der Waals surface area contributed by atoms with E-state index in [0.717, 1.165) is 32.1 Å². The highest BCUT2D eigenvalue weighted by Crippen LogP contribution is 2.48. The number of carbonyl (C=O) groups excluding carboxylic acids is 2. The van der Waals surface area contributed by atoms with Gasteiger partial charge < -0.3 is 9.47 Å². The molecule has 32 heavy (non-hydrogen) atoms. The summed E-state index contributed by atoms with van der Waals surface area (Å²) in [4.78, 5) is 22.8. The van der Waals surface area contributed by atoms with Gasteiger partial charge in [0.1, 0.15) is 0 Å². The molecule has 4 nitrogen and oxygen atoms in total. The molecular weight excluding hydrogens is 456 g/mol. The monoisotopic (exact) mass is 486 g/mol. The predicted octanol–water partition coefficient (Wildman–Crippen LogP) is 6.55. The minimum atomic E-state index is -6.39. The first-order valence-electron chi connectivity index (χ1n) is 10.5. The fraction of sp³-hybridized carbons (Fsp3) is 0.900. The minimum Gasteiger partial charge on any atom is -0.466 e. The first kappa shape index (κ1) is 30.4. The fourth-order valence-corrected chi connectivity index (χ4v) is 2.57. The molecule has 0 unspecified atom stereocenters. The van der Waals surface area contributed by atoms with Crippen molar-refractivity contribution in [3.8, 4) is 0 Å². The van der Waals surface area contributed by atoms with Gasteiger partial charge in [-0.25, -0.2) is 8.78 Å². The summed E-state index contributed by atoms with van der Waals surface area (Å²) in [5.74, 6) is -19.9. The lowest BCUT2D eigenvalue weighted by molar-refractivity contribution is -0.344. The smallest absolute Gasteiger partial charge is 0.381 e. The number of unbranched alkanes of at least 4 members (excludes halogenated alkanes) is 7. The topological polar surface area (TPSA) is 52.6 Å². The van der Waals surface area contributed by atoms with E-state index in [1.807, 2.05) is 6.92 Å². The lowest BCUT2D eigenvalue weighted by Gasteiger charge is -2.31. The van der Waals surface area contributed by atoms with Crippen molar-refractivity contribution in [2.45, 2.75) is 102 Å². The van der Waals surface area contributed by atoms with Crippen LogP contribution < -0.4 is 0 Å². The average Bonchev–Trinajstić information content (AvgIpc) is 2.71. The lowest BCUT2D eigenvalue weighted by Crippen LogP contribution is -2.59. The second kappa shape index (κ2) is 14.5. The van der Waals surface area contributed by atoms with Gasteiger partial charge in [-0.15, -0.1) is 0 Å². The maximum atomic E-state index is 13.3. The van der Waals surface area contributed by atoms with Crippen molar-refractivity contribution in [1.82, 2.24) is 0 Å². The summed E-state index contributed by atoms with van der Waals surface area (Å²) in [6.45, 7) is 0.00476. The molecule has 12 heteroatoms. The van der Waals surface area contributed by atoms with Crippen LogP contribution in [0, 0.1) is 0 Å². The van der Waals surface area contributed by atoms with Gasteiger partial charge in [0.25, 0.3) is 0 Å². The Labute approximate surface area is 182 Å². The first-order valence-corrected chi connectivity index (χ1v) is 10.5. The van der Waals surface area contributed by atoms with E-state index in [9.17, 15) is 44.7 Å². The molecule has 0 aromatic rings. The summed E-state index contributed by atoms with van der Waals surface area (Å²) in [6, 6.07) is 0. The number of rotatable bonds is 18. The second-order valence-electron chi connectivity index (χ2n) is 7.41. The van der Waals surface area contributed by atoms with Crippen molar-refractivity contribution in [1.29, 1.82) is 0 Å². The van der Waals surface area contributed by atoms with E-state index >= 15 is 0 Å². The van der Waals surface area contributed by atoms with E-state index in [2.05, 4.69) is 4.74 Å². The van der Waals surface area contributed by atoms with Crippen molar-refractivity contribution in [3.63, 3.8) is 0 Å². The Hall–Kier alpha value is -1.62. The van der Waals surface area contributed by atoms with Gasteiger partial charge in [0.2, 0.25) is 0 Å². The van der Waals surface area contributed by atoms with Gasteiger partial charge in [-0.2, -0.15) is 26.3 Å². The highest BCUT2D eigenvalue weighted by Gasteiger charge is 2.75. The number of carbonyl (C=O) groups is 2. The number of hydrogen-bond donors (Lipinski definition) is 0. The summed E-state index contributed by atoms with van der Waals surface area (Å²) in [7, 11) is 0. The molecule has 0 aliphatic carbocycles. The zero-order valence-corrected chi connectivity index (χ0v) is 17.9. The number of halogens is 8. The Morgan fingerprint density at radius 3 is 1.66 bits per heavy atom. The summed E-state index contributed by atoms with van der Waals surface area (Å²) >= 11 is 0. The largest absolute Gasteiger partial charge is 0.466 e. The second-order valence-corrected chi connectivity index (χ2v) is 7.41. The van der Waals surface area contributed by atoms with Crippen molar-refractivity contribution < 1.29 is 54.2 Å². The number of ether oxygens (including phenoxy) is 2. The van der Waals surface area contributed by atoms with Gasteiger partial charge >= 0.3 is 36.1 Å². The quantitative estimate of drug-likeness (QED) is 0.125. The Morgan fingerprint density at radius 2 is 1.19 bits per heavy atom. The molecule has 0 aromatic carbocycles. The fourth-order valence-electron chi connectivity index (χ4n) is 2.57. The molecule has 0 rings (SSSR count). The van der Waals surface area contributed by atoms with Gasteiger partial charge in [0, 0.05) is 12.8 Å². The van der Waals surface area contributed by atoms with Crippen LogP contribution >= 0.6 is 0 Å². The molecule has 0 atom stereocenters. The van der Waals surface area contributed by atoms with E-state index in [0.29, 0.717) is 32.3 Å². The van der Waals surface area contributed by atoms with Crippen molar-refractivity contribution in [2.24, 2.45) is 0 Å². The van der Waals surface area contributed by atoms with E-state index in [-0.39, 0.29) is 12.4 Å². The third kappa shape index (κ3) is 10.3. The molecule has 0 spiro atoms. The number of hydrogen-bond acceptors (Lipinski definition) is 4. The van der Waals surface area contributed by atoms with Gasteiger partial charge in [0.05, 0.1) is 6.61 Å². The third-order valence-electron chi connectivity index (χ3n) is 4.59. The SMILES string of the molecule is CCCCCOC(=O)CCCCCCCCC(=O)OCC(F)(F)C(F)(F)C(F)(F)C(F)F. The summed E-state index contributed by atoms with van der Waals surface area (Å²) in [5, 5.41) is 0. The number of alkyl halides is 8. The summed E-state index contributed by atoms with van der Waals surface area (Å²) < 4.78 is 111. The van der Waals surface area contributed by atoms with Crippen LogP contribution in [0.1, 0.15) is 77.6 Å². The normalized spacial score (nSPS) is 12.8. The third-order valence-corrected chi connectivity index (χ3v) is 4.59. The van der Waals surface area contributed by atoms with Crippen LogP contribution in [0.3, 0.4) is 0 Å². The van der Waals surface area contributed by atoms with Crippen LogP contribution in [0.5, 0.6) is 0 Å². The maximum absolute atomic E-state index is 13.3. The summed E-state index contributed by atoms with van der Waals surface area (Å²) in [5.41, 5.74) is 0. The van der Waals surface area contributed by atoms with Crippen LogP contribution in [0.25, 0.3) is 0 Å². The Morgan fingerprint density at radius 1 is 0.719 bits per heavy atom. The summed E-state index contributed by atoms with van der Waals surface area (Å²) in [6.07, 6.45) is 1.08. The average molecular weight is 486 g/mol. The molecule has 0 radical (unpaired) electrons. The molecule has 0 fully saturated rings. The molecule has 0 saturated heterocycles. The molecule has 0 heterocycles. The molecule has 0 saturated carbocycles. The Balaban J connectivity index is 3.96. The highest BCUT2D eigenvalue weighted by molar-refractivity contribution is 5.69. The molecule has 190 valence electrons. The zero-order chi connectivity index (χ0) is 24.8. The van der Waals surface area contributed by atoms with Gasteiger partial charge in [-0.3, -0.25) is 9.59 Å². The van der Waals surface area contributed by atoms with Gasteiger partial charge in [-0.1, -0.05) is 45.4 Å². The Bertz CT molecular complexity index is 556. The minimum absolute atomic E-state index is 0.174. The van der Waals surface area contributed by atoms with Crippen LogP contribution in [0.15, 0.2) is 0 Å². The predicted molar refractivity (Wildman–Crippen MR) is 99.2 cm³/mol. The molecule has 0 aliphatic rings. The molecule has 0 aliphatic heterocycles. The Kier molecular flexibility index (Phi) is 13.8. The molecule has 0 aromatic heterocycles. The van der Waals surface area contributed by atoms with E-state index in [1.165, 1.54) is 0 Å². The van der Waals surface area contributed by atoms with E-state index < -0.39 is 43.2 Å².